The lowest BCUT2D eigenvalue weighted by molar-refractivity contribution is -0.116. The van der Waals surface area contributed by atoms with Crippen LogP contribution in [0.15, 0.2) is 48.7 Å². The zero-order chi connectivity index (χ0) is 14.5. The Morgan fingerprint density at radius 3 is 2.81 bits per heavy atom. The molecule has 1 N–H and O–H groups in total. The molecule has 3 aromatic rings. The van der Waals surface area contributed by atoms with Crippen LogP contribution in [-0.2, 0) is 11.2 Å². The summed E-state index contributed by atoms with van der Waals surface area (Å²) in [5.41, 5.74) is 1.04. The highest BCUT2D eigenvalue weighted by molar-refractivity contribution is 7.18. The van der Waals surface area contributed by atoms with Gasteiger partial charge in [0, 0.05) is 12.6 Å². The predicted octanol–water partition coefficient (Wildman–Crippen LogP) is 3.65. The highest BCUT2D eigenvalue weighted by Gasteiger charge is 2.06. The molecule has 0 aliphatic rings. The van der Waals surface area contributed by atoms with Crippen LogP contribution in [0.2, 0.25) is 0 Å². The van der Waals surface area contributed by atoms with Crippen molar-refractivity contribution in [3.05, 3.63) is 53.7 Å². The standard InChI is InChI=1S/C16H15N3OS/c20-15(19-14-8-3-4-11-17-14)9-5-10-16-18-12-6-1-2-7-13(12)21-16/h1-4,6-8,11H,5,9-10H2,(H,17,19,20). The van der Waals surface area contributed by atoms with Gasteiger partial charge in [-0.25, -0.2) is 9.97 Å². The number of fused-ring (bicyclic) bond motifs is 1. The Morgan fingerprint density at radius 2 is 2.00 bits per heavy atom. The van der Waals surface area contributed by atoms with E-state index in [1.54, 1.807) is 23.6 Å². The third-order valence-corrected chi connectivity index (χ3v) is 4.16. The number of anilines is 1. The van der Waals surface area contributed by atoms with Crippen molar-refractivity contribution in [3.63, 3.8) is 0 Å². The summed E-state index contributed by atoms with van der Waals surface area (Å²) in [4.78, 5) is 20.4. The molecule has 0 saturated carbocycles. The third-order valence-electron chi connectivity index (χ3n) is 3.07. The lowest BCUT2D eigenvalue weighted by Crippen LogP contribution is -2.12. The van der Waals surface area contributed by atoms with E-state index in [9.17, 15) is 4.79 Å². The molecule has 0 unspecified atom stereocenters. The molecule has 4 nitrogen and oxygen atoms in total. The molecule has 1 amide bonds. The van der Waals surface area contributed by atoms with E-state index >= 15 is 0 Å². The molecular weight excluding hydrogens is 282 g/mol. The number of carbonyl (C=O) groups excluding carboxylic acids is 1. The van der Waals surface area contributed by atoms with Gasteiger partial charge in [0.15, 0.2) is 0 Å². The van der Waals surface area contributed by atoms with E-state index in [-0.39, 0.29) is 5.91 Å². The minimum Gasteiger partial charge on any atom is -0.311 e. The Hall–Kier alpha value is -2.27. The van der Waals surface area contributed by atoms with Crippen LogP contribution in [0.1, 0.15) is 17.8 Å². The normalized spacial score (nSPS) is 10.7. The number of carbonyl (C=O) groups is 1. The molecule has 106 valence electrons. The smallest absolute Gasteiger partial charge is 0.225 e. The van der Waals surface area contributed by atoms with Crippen LogP contribution in [0.4, 0.5) is 5.82 Å². The number of nitrogens with zero attached hydrogens (tertiary/aromatic N) is 2. The summed E-state index contributed by atoms with van der Waals surface area (Å²) in [6, 6.07) is 13.6. The second-order valence-electron chi connectivity index (χ2n) is 4.69. The Morgan fingerprint density at radius 1 is 1.14 bits per heavy atom. The second kappa shape index (κ2) is 6.45. The summed E-state index contributed by atoms with van der Waals surface area (Å²) in [7, 11) is 0. The first-order chi connectivity index (χ1) is 10.3. The molecular formula is C16H15N3OS. The van der Waals surface area contributed by atoms with Crippen molar-refractivity contribution in [2.75, 3.05) is 5.32 Å². The molecule has 0 bridgehead atoms. The van der Waals surface area contributed by atoms with Crippen molar-refractivity contribution in [2.24, 2.45) is 0 Å². The highest BCUT2D eigenvalue weighted by Crippen LogP contribution is 2.22. The Kier molecular flexibility index (Phi) is 4.21. The number of para-hydroxylation sites is 1. The summed E-state index contributed by atoms with van der Waals surface area (Å²) < 4.78 is 1.20. The number of amides is 1. The lowest BCUT2D eigenvalue weighted by atomic mass is 10.2. The van der Waals surface area contributed by atoms with Crippen LogP contribution in [0.25, 0.3) is 10.2 Å². The second-order valence-corrected chi connectivity index (χ2v) is 5.81. The van der Waals surface area contributed by atoms with Gasteiger partial charge in [0.2, 0.25) is 5.91 Å². The number of aromatic nitrogens is 2. The summed E-state index contributed by atoms with van der Waals surface area (Å²) in [6.45, 7) is 0. The molecule has 0 spiro atoms. The molecule has 2 aromatic heterocycles. The number of hydrogen-bond donors (Lipinski definition) is 1. The average Bonchev–Trinajstić information content (AvgIpc) is 2.91. The van der Waals surface area contributed by atoms with Crippen LogP contribution >= 0.6 is 11.3 Å². The molecule has 0 aliphatic carbocycles. The number of aryl methyl sites for hydroxylation is 1. The maximum absolute atomic E-state index is 11.8. The minimum atomic E-state index is -0.00480. The monoisotopic (exact) mass is 297 g/mol. The summed E-state index contributed by atoms with van der Waals surface area (Å²) in [5.74, 6) is 0.595. The van der Waals surface area contributed by atoms with Crippen molar-refractivity contribution in [2.45, 2.75) is 19.3 Å². The molecule has 0 aliphatic heterocycles. The van der Waals surface area contributed by atoms with Gasteiger partial charge in [0.1, 0.15) is 5.82 Å². The van der Waals surface area contributed by atoms with E-state index in [4.69, 9.17) is 0 Å². The first-order valence-corrected chi connectivity index (χ1v) is 7.68. The third kappa shape index (κ3) is 3.64. The van der Waals surface area contributed by atoms with Crippen molar-refractivity contribution >= 4 is 33.3 Å². The van der Waals surface area contributed by atoms with Gasteiger partial charge in [-0.2, -0.15) is 0 Å². The molecule has 21 heavy (non-hydrogen) atoms. The van der Waals surface area contributed by atoms with E-state index in [2.05, 4.69) is 21.4 Å². The van der Waals surface area contributed by atoms with E-state index in [0.29, 0.717) is 12.2 Å². The number of thiazole rings is 1. The van der Waals surface area contributed by atoms with Gasteiger partial charge in [0.25, 0.3) is 0 Å². The van der Waals surface area contributed by atoms with E-state index < -0.39 is 0 Å². The van der Waals surface area contributed by atoms with Crippen molar-refractivity contribution in [1.82, 2.24) is 9.97 Å². The van der Waals surface area contributed by atoms with Crippen LogP contribution in [0.3, 0.4) is 0 Å². The number of benzene rings is 1. The van der Waals surface area contributed by atoms with E-state index in [1.165, 1.54) is 4.70 Å². The zero-order valence-electron chi connectivity index (χ0n) is 11.5. The zero-order valence-corrected chi connectivity index (χ0v) is 12.3. The molecule has 3 rings (SSSR count). The molecule has 1 aromatic carbocycles. The molecule has 5 heteroatoms. The Balaban J connectivity index is 1.50. The van der Waals surface area contributed by atoms with Gasteiger partial charge in [-0.15, -0.1) is 11.3 Å². The number of hydrogen-bond acceptors (Lipinski definition) is 4. The van der Waals surface area contributed by atoms with Gasteiger partial charge in [-0.3, -0.25) is 4.79 Å². The first kappa shape index (κ1) is 13.7. The summed E-state index contributed by atoms with van der Waals surface area (Å²) in [6.07, 6.45) is 3.76. The molecule has 0 saturated heterocycles. The van der Waals surface area contributed by atoms with Gasteiger partial charge in [-0.05, 0) is 37.1 Å². The fourth-order valence-corrected chi connectivity index (χ4v) is 3.08. The number of nitrogens with one attached hydrogen (secondary N) is 1. The SMILES string of the molecule is O=C(CCCc1nc2ccccc2s1)Nc1ccccn1. The van der Waals surface area contributed by atoms with Gasteiger partial charge < -0.3 is 5.32 Å². The number of rotatable bonds is 5. The first-order valence-electron chi connectivity index (χ1n) is 6.86. The fourth-order valence-electron chi connectivity index (χ4n) is 2.07. The molecule has 0 atom stereocenters. The van der Waals surface area contributed by atoms with Gasteiger partial charge in [0.05, 0.1) is 15.2 Å². The van der Waals surface area contributed by atoms with Crippen LogP contribution in [0, 0.1) is 0 Å². The molecule has 0 fully saturated rings. The van der Waals surface area contributed by atoms with Gasteiger partial charge >= 0.3 is 0 Å². The summed E-state index contributed by atoms with van der Waals surface area (Å²) >= 11 is 1.70. The number of pyridine rings is 1. The fraction of sp³-hybridized carbons (Fsp3) is 0.188. The van der Waals surface area contributed by atoms with Crippen LogP contribution in [0.5, 0.6) is 0 Å². The summed E-state index contributed by atoms with van der Waals surface area (Å²) in [5, 5.41) is 3.87. The highest BCUT2D eigenvalue weighted by atomic mass is 32.1. The van der Waals surface area contributed by atoms with E-state index in [0.717, 1.165) is 23.4 Å². The van der Waals surface area contributed by atoms with Crippen molar-refractivity contribution in [3.8, 4) is 0 Å². The Labute approximate surface area is 126 Å². The van der Waals surface area contributed by atoms with Gasteiger partial charge in [-0.1, -0.05) is 18.2 Å². The maximum atomic E-state index is 11.8. The topological polar surface area (TPSA) is 54.9 Å². The van der Waals surface area contributed by atoms with Crippen molar-refractivity contribution in [1.29, 1.82) is 0 Å². The van der Waals surface area contributed by atoms with Crippen molar-refractivity contribution < 1.29 is 4.79 Å². The predicted molar refractivity (Wildman–Crippen MR) is 85.4 cm³/mol. The van der Waals surface area contributed by atoms with E-state index in [1.807, 2.05) is 30.3 Å². The lowest BCUT2D eigenvalue weighted by Gasteiger charge is -2.02. The average molecular weight is 297 g/mol. The quantitative estimate of drug-likeness (QED) is 0.782. The molecule has 2 heterocycles. The van der Waals surface area contributed by atoms with Crippen LogP contribution < -0.4 is 5.32 Å². The molecule has 0 radical (unpaired) electrons. The minimum absolute atomic E-state index is 0.00480. The maximum Gasteiger partial charge on any atom is 0.225 e. The Bertz CT molecular complexity index is 706. The van der Waals surface area contributed by atoms with Crippen LogP contribution in [-0.4, -0.2) is 15.9 Å². The largest absolute Gasteiger partial charge is 0.311 e.